The molecule has 2 aliphatic carbocycles. The summed E-state index contributed by atoms with van der Waals surface area (Å²) in [5, 5.41) is 0.138. The van der Waals surface area contributed by atoms with Crippen molar-refractivity contribution in [3.8, 4) is 5.75 Å². The highest BCUT2D eigenvalue weighted by Gasteiger charge is 2.85. The van der Waals surface area contributed by atoms with Gasteiger partial charge in [-0.15, -0.1) is 0 Å². The normalized spacial score (nSPS) is 38.3. The van der Waals surface area contributed by atoms with Gasteiger partial charge < -0.3 is 9.16 Å². The Balaban J connectivity index is 1.77. The van der Waals surface area contributed by atoms with Gasteiger partial charge in [-0.1, -0.05) is 53.7 Å². The van der Waals surface area contributed by atoms with Crippen molar-refractivity contribution in [2.24, 2.45) is 16.7 Å². The van der Waals surface area contributed by atoms with E-state index in [1.807, 2.05) is 6.07 Å². The molecular formula is C24H38O4Si. The maximum absolute atomic E-state index is 6.59. The van der Waals surface area contributed by atoms with Gasteiger partial charge in [-0.05, 0) is 55.4 Å². The van der Waals surface area contributed by atoms with Gasteiger partial charge in [-0.2, -0.15) is 4.89 Å². The van der Waals surface area contributed by atoms with E-state index in [0.717, 1.165) is 24.2 Å². The van der Waals surface area contributed by atoms with Crippen LogP contribution in [0.1, 0.15) is 66.4 Å². The molecule has 1 heterocycles. The van der Waals surface area contributed by atoms with E-state index in [2.05, 4.69) is 72.8 Å². The van der Waals surface area contributed by atoms with Crippen molar-refractivity contribution < 1.29 is 18.9 Å². The van der Waals surface area contributed by atoms with Crippen molar-refractivity contribution in [3.05, 3.63) is 29.8 Å². The third kappa shape index (κ3) is 2.48. The van der Waals surface area contributed by atoms with Gasteiger partial charge in [0.05, 0.1) is 0 Å². The molecule has 0 amide bonds. The van der Waals surface area contributed by atoms with E-state index in [-0.39, 0.29) is 15.9 Å². The van der Waals surface area contributed by atoms with E-state index < -0.39 is 19.7 Å². The zero-order chi connectivity index (χ0) is 21.5. The molecule has 3 fully saturated rings. The molecule has 1 saturated heterocycles. The summed E-state index contributed by atoms with van der Waals surface area (Å²) in [5.74, 6) is 0.604. The van der Waals surface area contributed by atoms with Crippen molar-refractivity contribution in [2.45, 2.75) is 90.3 Å². The smallest absolute Gasteiger partial charge is 0.261 e. The van der Waals surface area contributed by atoms with Gasteiger partial charge in [0, 0.05) is 23.5 Å². The highest BCUT2D eigenvalue weighted by molar-refractivity contribution is 6.74. The van der Waals surface area contributed by atoms with E-state index in [1.54, 1.807) is 7.11 Å². The summed E-state index contributed by atoms with van der Waals surface area (Å²) in [7, 11) is -0.192. The van der Waals surface area contributed by atoms with Crippen LogP contribution in [-0.2, 0) is 20.3 Å². The largest absolute Gasteiger partial charge is 0.543 e. The van der Waals surface area contributed by atoms with Crippen LogP contribution in [0.15, 0.2) is 24.3 Å². The Morgan fingerprint density at radius 2 is 1.79 bits per heavy atom. The standard InChI is InChI=1S/C24H38O4Si/c1-20(2,3)29(8,9)26-19-12-10-11-17(15-19)23(25-7)24(28-27-23)21(4,5)18-13-14-22(24,6)16-18/h10-12,15,18H,13-14,16H2,1-9H3/t18-,22+,23?,24?/m0/s1. The number of hydrogen-bond donors (Lipinski definition) is 0. The minimum Gasteiger partial charge on any atom is -0.543 e. The lowest BCUT2D eigenvalue weighted by Gasteiger charge is -2.65. The number of benzene rings is 1. The Morgan fingerprint density at radius 3 is 2.28 bits per heavy atom. The lowest BCUT2D eigenvalue weighted by Crippen LogP contribution is -2.76. The van der Waals surface area contributed by atoms with Crippen LogP contribution in [0.4, 0.5) is 0 Å². The molecule has 5 heteroatoms. The van der Waals surface area contributed by atoms with Crippen LogP contribution in [0, 0.1) is 16.7 Å². The van der Waals surface area contributed by atoms with Crippen molar-refractivity contribution in [2.75, 3.05) is 7.11 Å². The first-order chi connectivity index (χ1) is 13.3. The van der Waals surface area contributed by atoms with Crippen LogP contribution < -0.4 is 4.43 Å². The molecule has 2 unspecified atom stereocenters. The fourth-order valence-corrected chi connectivity index (χ4v) is 7.25. The van der Waals surface area contributed by atoms with Gasteiger partial charge in [0.15, 0.2) is 5.60 Å². The fourth-order valence-electron chi connectivity index (χ4n) is 6.23. The van der Waals surface area contributed by atoms with Gasteiger partial charge in [-0.25, -0.2) is 4.89 Å². The molecule has 4 nitrogen and oxygen atoms in total. The number of fused-ring (bicyclic) bond motifs is 3. The van der Waals surface area contributed by atoms with E-state index in [9.17, 15) is 0 Å². The molecule has 4 rings (SSSR count). The average Bonchev–Trinajstić information content (AvgIpc) is 3.04. The van der Waals surface area contributed by atoms with Gasteiger partial charge in [0.25, 0.3) is 5.79 Å². The molecule has 29 heavy (non-hydrogen) atoms. The second-order valence-corrected chi connectivity index (χ2v) is 16.5. The van der Waals surface area contributed by atoms with Crippen LogP contribution in [0.25, 0.3) is 0 Å². The fraction of sp³-hybridized carbons (Fsp3) is 0.750. The van der Waals surface area contributed by atoms with Crippen molar-refractivity contribution in [1.29, 1.82) is 0 Å². The maximum Gasteiger partial charge on any atom is 0.261 e. The van der Waals surface area contributed by atoms with Crippen molar-refractivity contribution in [1.82, 2.24) is 0 Å². The molecule has 1 aromatic carbocycles. The molecule has 3 aliphatic rings. The first-order valence-corrected chi connectivity index (χ1v) is 13.9. The van der Waals surface area contributed by atoms with Crippen LogP contribution in [0.3, 0.4) is 0 Å². The number of hydrogen-bond acceptors (Lipinski definition) is 4. The number of methoxy groups -OCH3 is 1. The van der Waals surface area contributed by atoms with E-state index in [1.165, 1.54) is 6.42 Å². The SMILES string of the molecule is COC1(c2cccc(O[Si](C)(C)C(C)(C)C)c2)OOC12C(C)(C)[C@H]1CC[C@]2(C)C1. The van der Waals surface area contributed by atoms with Crippen LogP contribution in [-0.4, -0.2) is 21.0 Å². The molecular weight excluding hydrogens is 380 g/mol. The predicted octanol–water partition coefficient (Wildman–Crippen LogP) is 6.42. The van der Waals surface area contributed by atoms with Crippen LogP contribution >= 0.6 is 0 Å². The summed E-state index contributed by atoms with van der Waals surface area (Å²) < 4.78 is 12.8. The highest BCUT2D eigenvalue weighted by Crippen LogP contribution is 2.78. The quantitative estimate of drug-likeness (QED) is 0.418. The monoisotopic (exact) mass is 418 g/mol. The number of rotatable bonds is 4. The molecule has 0 N–H and O–H groups in total. The third-order valence-electron chi connectivity index (χ3n) is 8.95. The van der Waals surface area contributed by atoms with Gasteiger partial charge >= 0.3 is 0 Å². The van der Waals surface area contributed by atoms with Crippen molar-refractivity contribution >= 4 is 8.32 Å². The maximum atomic E-state index is 6.59. The molecule has 1 aromatic rings. The Morgan fingerprint density at radius 1 is 1.10 bits per heavy atom. The summed E-state index contributed by atoms with van der Waals surface area (Å²) in [6, 6.07) is 8.31. The van der Waals surface area contributed by atoms with E-state index in [0.29, 0.717) is 5.92 Å². The predicted molar refractivity (Wildman–Crippen MR) is 117 cm³/mol. The first-order valence-electron chi connectivity index (χ1n) is 11.0. The number of ether oxygens (including phenoxy) is 1. The van der Waals surface area contributed by atoms with Gasteiger partial charge in [0.2, 0.25) is 8.32 Å². The molecule has 0 aromatic heterocycles. The Labute approximate surface area is 177 Å². The molecule has 2 bridgehead atoms. The second-order valence-electron chi connectivity index (χ2n) is 11.8. The van der Waals surface area contributed by atoms with Crippen molar-refractivity contribution in [3.63, 3.8) is 0 Å². The zero-order valence-corrected chi connectivity index (χ0v) is 20.6. The summed E-state index contributed by atoms with van der Waals surface area (Å²) >= 11 is 0. The summed E-state index contributed by atoms with van der Waals surface area (Å²) in [5.41, 5.74) is 0.487. The lowest BCUT2D eigenvalue weighted by atomic mass is 9.55. The molecule has 1 aliphatic heterocycles. The van der Waals surface area contributed by atoms with Gasteiger partial charge in [-0.3, -0.25) is 0 Å². The highest BCUT2D eigenvalue weighted by atomic mass is 28.4. The summed E-state index contributed by atoms with van der Waals surface area (Å²) in [4.78, 5) is 12.1. The molecule has 0 radical (unpaired) electrons. The van der Waals surface area contributed by atoms with Gasteiger partial charge in [0.1, 0.15) is 5.75 Å². The summed E-state index contributed by atoms with van der Waals surface area (Å²) in [6.07, 6.45) is 3.56. The molecule has 4 atom stereocenters. The van der Waals surface area contributed by atoms with Crippen LogP contribution in [0.2, 0.25) is 18.1 Å². The Hall–Kier alpha value is -0.883. The lowest BCUT2D eigenvalue weighted by molar-refractivity contribution is -0.650. The van der Waals surface area contributed by atoms with E-state index >= 15 is 0 Å². The molecule has 162 valence electrons. The Bertz CT molecular complexity index is 803. The molecule has 2 saturated carbocycles. The summed E-state index contributed by atoms with van der Waals surface area (Å²) in [6.45, 7) is 18.3. The first kappa shape index (κ1) is 21.4. The minimum atomic E-state index is -1.94. The average molecular weight is 419 g/mol. The second kappa shape index (κ2) is 6.09. The topological polar surface area (TPSA) is 36.9 Å². The van der Waals surface area contributed by atoms with E-state index in [4.69, 9.17) is 18.9 Å². The molecule has 1 spiro atoms. The minimum absolute atomic E-state index is 0.0335. The van der Waals surface area contributed by atoms with Crippen LogP contribution in [0.5, 0.6) is 5.75 Å². The third-order valence-corrected chi connectivity index (χ3v) is 13.3. The Kier molecular flexibility index (Phi) is 4.48. The zero-order valence-electron chi connectivity index (χ0n) is 19.6.